The summed E-state index contributed by atoms with van der Waals surface area (Å²) in [7, 11) is 0. The molecule has 1 aromatic carbocycles. The molecule has 0 aliphatic carbocycles. The number of halogens is 5. The Kier molecular flexibility index (Phi) is 6.20. The SMILES string of the molecule is F[C-](F)C(F)(F)F.[Cu].c1cnc2c(c1)ccc1cccnc12. The number of hydrogen-bond acceptors (Lipinski definition) is 2. The zero-order valence-corrected chi connectivity index (χ0v) is 11.6. The van der Waals surface area contributed by atoms with Crippen LogP contribution >= 0.6 is 0 Å². The van der Waals surface area contributed by atoms with Gasteiger partial charge in [0, 0.05) is 40.2 Å². The first-order chi connectivity index (χ1) is 9.89. The van der Waals surface area contributed by atoms with Crippen LogP contribution in [0.5, 0.6) is 0 Å². The first-order valence-corrected chi connectivity index (χ1v) is 5.73. The fraction of sp³-hybridized carbons (Fsp3) is 0.0714. The third-order valence-corrected chi connectivity index (χ3v) is 2.56. The number of pyridine rings is 2. The molecule has 22 heavy (non-hydrogen) atoms. The van der Waals surface area contributed by atoms with Crippen molar-refractivity contribution < 1.29 is 39.0 Å². The molecule has 0 saturated heterocycles. The molecule has 0 aliphatic rings. The zero-order valence-electron chi connectivity index (χ0n) is 10.7. The van der Waals surface area contributed by atoms with Gasteiger partial charge >= 0.3 is 6.18 Å². The van der Waals surface area contributed by atoms with E-state index in [2.05, 4.69) is 34.2 Å². The van der Waals surface area contributed by atoms with Crippen molar-refractivity contribution in [2.45, 2.75) is 6.18 Å². The molecule has 121 valence electrons. The van der Waals surface area contributed by atoms with Crippen LogP contribution in [0.3, 0.4) is 0 Å². The number of fused-ring (bicyclic) bond motifs is 3. The second kappa shape index (κ2) is 7.47. The Morgan fingerprint density at radius 1 is 0.773 bits per heavy atom. The minimum Gasteiger partial charge on any atom is -0.412 e. The fourth-order valence-electron chi connectivity index (χ4n) is 1.68. The zero-order chi connectivity index (χ0) is 15.5. The summed E-state index contributed by atoms with van der Waals surface area (Å²) < 4.78 is 51.8. The number of rotatable bonds is 0. The van der Waals surface area contributed by atoms with Crippen LogP contribution in [0.1, 0.15) is 0 Å². The van der Waals surface area contributed by atoms with Crippen molar-refractivity contribution in [3.8, 4) is 0 Å². The topological polar surface area (TPSA) is 25.8 Å². The van der Waals surface area contributed by atoms with Crippen LogP contribution in [-0.4, -0.2) is 16.1 Å². The molecule has 2 aromatic heterocycles. The normalized spacial score (nSPS) is 11.0. The molecule has 0 fully saturated rings. The van der Waals surface area contributed by atoms with E-state index >= 15 is 0 Å². The third kappa shape index (κ3) is 4.35. The van der Waals surface area contributed by atoms with Gasteiger partial charge in [-0.3, -0.25) is 9.97 Å². The van der Waals surface area contributed by atoms with Crippen LogP contribution in [-0.2, 0) is 17.1 Å². The summed E-state index contributed by atoms with van der Waals surface area (Å²) in [6.07, 6.45) is -5.32. The molecule has 2 nitrogen and oxygen atoms in total. The third-order valence-electron chi connectivity index (χ3n) is 2.56. The monoisotopic (exact) mass is 362 g/mol. The summed E-state index contributed by atoms with van der Waals surface area (Å²) >= 11 is 0. The van der Waals surface area contributed by atoms with Gasteiger partial charge in [-0.15, -0.1) is 0 Å². The summed E-state index contributed by atoms with van der Waals surface area (Å²) in [4.78, 5) is 8.69. The van der Waals surface area contributed by atoms with Crippen LogP contribution in [0.4, 0.5) is 22.0 Å². The van der Waals surface area contributed by atoms with E-state index in [4.69, 9.17) is 0 Å². The van der Waals surface area contributed by atoms with Crippen molar-refractivity contribution >= 4 is 21.8 Å². The average Bonchev–Trinajstić information content (AvgIpc) is 2.47. The minimum atomic E-state index is -5.42. The van der Waals surface area contributed by atoms with E-state index in [1.165, 1.54) is 0 Å². The molecule has 8 heteroatoms. The van der Waals surface area contributed by atoms with Crippen LogP contribution in [0, 0.1) is 6.43 Å². The van der Waals surface area contributed by atoms with E-state index in [9.17, 15) is 22.0 Å². The van der Waals surface area contributed by atoms with Crippen LogP contribution < -0.4 is 0 Å². The van der Waals surface area contributed by atoms with Crippen LogP contribution in [0.2, 0.25) is 0 Å². The van der Waals surface area contributed by atoms with Gasteiger partial charge in [-0.05, 0) is 12.1 Å². The summed E-state index contributed by atoms with van der Waals surface area (Å²) in [5.41, 5.74) is 1.95. The maximum atomic E-state index is 10.4. The van der Waals surface area contributed by atoms with Gasteiger partial charge in [-0.2, -0.15) is 0 Å². The fourth-order valence-corrected chi connectivity index (χ4v) is 1.68. The van der Waals surface area contributed by atoms with E-state index in [0.717, 1.165) is 21.8 Å². The molecule has 0 unspecified atom stereocenters. The maximum absolute atomic E-state index is 10.4. The van der Waals surface area contributed by atoms with Crippen molar-refractivity contribution in [3.05, 3.63) is 55.2 Å². The van der Waals surface area contributed by atoms with Gasteiger partial charge in [0.2, 0.25) is 0 Å². The predicted molar refractivity (Wildman–Crippen MR) is 68.6 cm³/mol. The number of benzene rings is 1. The number of hydrogen-bond donors (Lipinski definition) is 0. The van der Waals surface area contributed by atoms with Crippen molar-refractivity contribution in [1.29, 1.82) is 0 Å². The van der Waals surface area contributed by atoms with Crippen molar-refractivity contribution in [2.75, 3.05) is 0 Å². The van der Waals surface area contributed by atoms with E-state index in [-0.39, 0.29) is 17.1 Å². The summed E-state index contributed by atoms with van der Waals surface area (Å²) in [5, 5.41) is 2.28. The Morgan fingerprint density at radius 3 is 1.45 bits per heavy atom. The van der Waals surface area contributed by atoms with Crippen molar-refractivity contribution in [3.63, 3.8) is 0 Å². The number of alkyl halides is 3. The Balaban J connectivity index is 0.000000264. The number of aromatic nitrogens is 2. The standard InChI is InChI=1S/C12H8N2.C2F5.Cu/c1-3-9-5-6-10-4-2-8-14-12(10)11(9)13-7-1;3-1(4)2(5,6)7;/h1-8H;;/q;-1;. The molecule has 0 atom stereocenters. The van der Waals surface area contributed by atoms with Crippen molar-refractivity contribution in [1.82, 2.24) is 9.97 Å². The van der Waals surface area contributed by atoms with Gasteiger partial charge in [0.15, 0.2) is 0 Å². The van der Waals surface area contributed by atoms with E-state index in [0.29, 0.717) is 0 Å². The quantitative estimate of drug-likeness (QED) is 0.249. The van der Waals surface area contributed by atoms with Gasteiger partial charge in [0.05, 0.1) is 11.0 Å². The van der Waals surface area contributed by atoms with Gasteiger partial charge in [-0.1, -0.05) is 24.3 Å². The summed E-state index contributed by atoms with van der Waals surface area (Å²) in [6, 6.07) is 12.1. The Morgan fingerprint density at radius 2 is 1.14 bits per heavy atom. The van der Waals surface area contributed by atoms with E-state index in [1.807, 2.05) is 12.1 Å². The largest absolute Gasteiger partial charge is 0.412 e. The molecule has 0 amide bonds. The summed E-state index contributed by atoms with van der Waals surface area (Å²) in [5.74, 6) is 0. The van der Waals surface area contributed by atoms with Crippen LogP contribution in [0.15, 0.2) is 48.8 Å². The molecule has 0 N–H and O–H groups in total. The van der Waals surface area contributed by atoms with Crippen LogP contribution in [0.25, 0.3) is 21.8 Å². The first kappa shape index (κ1) is 18.3. The predicted octanol–water partition coefficient (Wildman–Crippen LogP) is 4.76. The van der Waals surface area contributed by atoms with Crippen molar-refractivity contribution in [2.24, 2.45) is 0 Å². The van der Waals surface area contributed by atoms with E-state index in [1.54, 1.807) is 12.4 Å². The Bertz CT molecular complexity index is 691. The molecule has 0 aliphatic heterocycles. The van der Waals surface area contributed by atoms with E-state index < -0.39 is 12.6 Å². The first-order valence-electron chi connectivity index (χ1n) is 5.73. The van der Waals surface area contributed by atoms with Gasteiger partial charge in [-0.25, -0.2) is 13.2 Å². The molecule has 2 heterocycles. The van der Waals surface area contributed by atoms with Gasteiger partial charge in [0.25, 0.3) is 0 Å². The molecule has 3 aromatic rings. The maximum Gasteiger partial charge on any atom is 0.326 e. The summed E-state index contributed by atoms with van der Waals surface area (Å²) in [6.45, 7) is 0. The Hall–Kier alpha value is -1.79. The second-order valence-corrected chi connectivity index (χ2v) is 3.97. The molecule has 0 bridgehead atoms. The van der Waals surface area contributed by atoms with Gasteiger partial charge in [0.1, 0.15) is 6.43 Å². The molecule has 0 spiro atoms. The molecule has 1 radical (unpaired) electrons. The minimum absolute atomic E-state index is 0. The average molecular weight is 363 g/mol. The second-order valence-electron chi connectivity index (χ2n) is 3.97. The van der Waals surface area contributed by atoms with Gasteiger partial charge < -0.3 is 8.78 Å². The molecular formula is C14H8CuF5N2-. The smallest absolute Gasteiger partial charge is 0.326 e. The number of nitrogens with zero attached hydrogens (tertiary/aromatic N) is 2. The molecule has 0 saturated carbocycles. The Labute approximate surface area is 132 Å². The molecule has 3 rings (SSSR count). The molecular weight excluding hydrogens is 355 g/mol.